The van der Waals surface area contributed by atoms with Crippen LogP contribution in [0.15, 0.2) is 25.0 Å². The van der Waals surface area contributed by atoms with Gasteiger partial charge in [0.05, 0.1) is 12.9 Å². The minimum absolute atomic E-state index is 0.176. The van der Waals surface area contributed by atoms with E-state index in [0.717, 1.165) is 0 Å². The second-order valence-corrected chi connectivity index (χ2v) is 3.45. The van der Waals surface area contributed by atoms with E-state index in [0.29, 0.717) is 5.57 Å². The Labute approximate surface area is 90.5 Å². The van der Waals surface area contributed by atoms with Gasteiger partial charge in [-0.05, 0) is 6.92 Å². The van der Waals surface area contributed by atoms with Gasteiger partial charge in [0.1, 0.15) is 6.61 Å². The Balaban J connectivity index is 3.66. The Bertz CT molecular complexity index is 243. The third kappa shape index (κ3) is 6.74. The van der Waals surface area contributed by atoms with Crippen LogP contribution in [-0.4, -0.2) is 25.0 Å². The molecule has 0 aliphatic heterocycles. The summed E-state index contributed by atoms with van der Waals surface area (Å²) >= 11 is 0. The zero-order valence-corrected chi connectivity index (χ0v) is 9.54. The van der Waals surface area contributed by atoms with E-state index in [-0.39, 0.29) is 13.2 Å². The summed E-state index contributed by atoms with van der Waals surface area (Å²) in [7, 11) is 0. The highest BCUT2D eigenvalue weighted by Crippen LogP contribution is 2.10. The Morgan fingerprint density at radius 2 is 2.00 bits per heavy atom. The van der Waals surface area contributed by atoms with E-state index >= 15 is 0 Å². The van der Waals surface area contributed by atoms with Gasteiger partial charge in [0.2, 0.25) is 5.79 Å². The van der Waals surface area contributed by atoms with Gasteiger partial charge < -0.3 is 14.2 Å². The van der Waals surface area contributed by atoms with Crippen LogP contribution in [0.5, 0.6) is 0 Å². The van der Waals surface area contributed by atoms with Gasteiger partial charge in [0, 0.05) is 19.4 Å². The van der Waals surface area contributed by atoms with Crippen LogP contribution in [0.4, 0.5) is 0 Å². The van der Waals surface area contributed by atoms with E-state index in [1.54, 1.807) is 20.8 Å². The highest BCUT2D eigenvalue weighted by atomic mass is 16.7. The van der Waals surface area contributed by atoms with Crippen LogP contribution >= 0.6 is 0 Å². The third-order valence-corrected chi connectivity index (χ3v) is 1.48. The van der Waals surface area contributed by atoms with Gasteiger partial charge in [0.15, 0.2) is 0 Å². The van der Waals surface area contributed by atoms with Crippen molar-refractivity contribution in [3.05, 3.63) is 25.0 Å². The molecule has 0 bridgehead atoms. The summed E-state index contributed by atoms with van der Waals surface area (Å²) in [6, 6.07) is 0. The molecule has 0 spiro atoms. The Hall–Kier alpha value is -1.29. The van der Waals surface area contributed by atoms with E-state index in [2.05, 4.69) is 13.2 Å². The van der Waals surface area contributed by atoms with Crippen molar-refractivity contribution < 1.29 is 19.0 Å². The second kappa shape index (κ2) is 6.24. The summed E-state index contributed by atoms with van der Waals surface area (Å²) in [4.78, 5) is 11.0. The van der Waals surface area contributed by atoms with Gasteiger partial charge in [0.25, 0.3) is 0 Å². The van der Waals surface area contributed by atoms with Crippen molar-refractivity contribution in [2.75, 3.05) is 13.2 Å². The molecule has 0 aliphatic rings. The van der Waals surface area contributed by atoms with Gasteiger partial charge in [-0.15, -0.1) is 0 Å². The van der Waals surface area contributed by atoms with Crippen LogP contribution in [0.3, 0.4) is 0 Å². The Morgan fingerprint density at radius 1 is 1.40 bits per heavy atom. The van der Waals surface area contributed by atoms with Crippen LogP contribution in [0.1, 0.15) is 20.8 Å². The average molecular weight is 214 g/mol. The van der Waals surface area contributed by atoms with Gasteiger partial charge >= 0.3 is 5.97 Å². The molecular weight excluding hydrogens is 196 g/mol. The first kappa shape index (κ1) is 13.7. The molecule has 0 N–H and O–H groups in total. The first-order chi connectivity index (χ1) is 6.89. The number of rotatable bonds is 7. The molecule has 0 heterocycles. The molecule has 0 saturated heterocycles. The standard InChI is InChI=1S/C11H18O4/c1-6-14-11(4,5)15-8-7-13-10(12)9(2)3/h6H,1-2,7-8H2,3-5H3. The Kier molecular flexibility index (Phi) is 5.70. The molecule has 0 aliphatic carbocycles. The first-order valence-corrected chi connectivity index (χ1v) is 4.64. The fraction of sp³-hybridized carbons (Fsp3) is 0.545. The largest absolute Gasteiger partial charge is 0.471 e. The van der Waals surface area contributed by atoms with E-state index in [9.17, 15) is 4.79 Å². The van der Waals surface area contributed by atoms with E-state index in [4.69, 9.17) is 14.2 Å². The van der Waals surface area contributed by atoms with Crippen molar-refractivity contribution in [2.24, 2.45) is 0 Å². The zero-order chi connectivity index (χ0) is 11.9. The SMILES string of the molecule is C=COC(C)(C)OCCOC(=O)C(=C)C. The van der Waals surface area contributed by atoms with Crippen LogP contribution < -0.4 is 0 Å². The summed E-state index contributed by atoms with van der Waals surface area (Å²) in [5.74, 6) is -1.17. The fourth-order valence-corrected chi connectivity index (χ4v) is 0.780. The van der Waals surface area contributed by atoms with Gasteiger partial charge in [-0.2, -0.15) is 0 Å². The number of hydrogen-bond donors (Lipinski definition) is 0. The second-order valence-electron chi connectivity index (χ2n) is 3.45. The lowest BCUT2D eigenvalue weighted by Crippen LogP contribution is -2.28. The third-order valence-electron chi connectivity index (χ3n) is 1.48. The van der Waals surface area contributed by atoms with E-state index in [1.807, 2.05) is 0 Å². The first-order valence-electron chi connectivity index (χ1n) is 4.64. The number of carbonyl (C=O) groups is 1. The van der Waals surface area contributed by atoms with Crippen LogP contribution in [0, 0.1) is 0 Å². The highest BCUT2D eigenvalue weighted by Gasteiger charge is 2.17. The Morgan fingerprint density at radius 3 is 2.47 bits per heavy atom. The smallest absolute Gasteiger partial charge is 0.333 e. The van der Waals surface area contributed by atoms with Crippen LogP contribution in [-0.2, 0) is 19.0 Å². The van der Waals surface area contributed by atoms with Crippen molar-refractivity contribution in [3.8, 4) is 0 Å². The highest BCUT2D eigenvalue weighted by molar-refractivity contribution is 5.86. The zero-order valence-electron chi connectivity index (χ0n) is 9.54. The molecule has 0 unspecified atom stereocenters. The van der Waals surface area contributed by atoms with Gasteiger partial charge in [-0.3, -0.25) is 0 Å². The van der Waals surface area contributed by atoms with Crippen molar-refractivity contribution in [3.63, 3.8) is 0 Å². The predicted molar refractivity (Wildman–Crippen MR) is 57.1 cm³/mol. The minimum atomic E-state index is -0.753. The average Bonchev–Trinajstić information content (AvgIpc) is 2.11. The lowest BCUT2D eigenvalue weighted by atomic mass is 10.4. The topological polar surface area (TPSA) is 44.8 Å². The quantitative estimate of drug-likeness (QED) is 0.214. The molecule has 4 nitrogen and oxygen atoms in total. The van der Waals surface area contributed by atoms with E-state index < -0.39 is 11.8 Å². The number of carbonyl (C=O) groups excluding carboxylic acids is 1. The predicted octanol–water partition coefficient (Wildman–Crippen LogP) is 2.02. The molecule has 15 heavy (non-hydrogen) atoms. The molecule has 0 aromatic carbocycles. The maximum absolute atomic E-state index is 11.0. The maximum atomic E-state index is 11.0. The van der Waals surface area contributed by atoms with Crippen molar-refractivity contribution in [2.45, 2.75) is 26.6 Å². The molecular formula is C11H18O4. The summed E-state index contributed by atoms with van der Waals surface area (Å²) in [6.07, 6.45) is 1.31. The number of esters is 1. The molecule has 0 atom stereocenters. The number of ether oxygens (including phenoxy) is 3. The molecule has 0 radical (unpaired) electrons. The summed E-state index contributed by atoms with van der Waals surface area (Å²) in [5, 5.41) is 0. The van der Waals surface area contributed by atoms with Crippen LogP contribution in [0.25, 0.3) is 0 Å². The number of hydrogen-bond acceptors (Lipinski definition) is 4. The van der Waals surface area contributed by atoms with Gasteiger partial charge in [-0.25, -0.2) is 4.79 Å². The summed E-state index contributed by atoms with van der Waals surface area (Å²) in [5.41, 5.74) is 0.372. The molecule has 0 aromatic rings. The maximum Gasteiger partial charge on any atom is 0.333 e. The molecule has 0 fully saturated rings. The molecule has 0 saturated carbocycles. The van der Waals surface area contributed by atoms with E-state index in [1.165, 1.54) is 6.26 Å². The molecule has 0 rings (SSSR count). The molecule has 4 heteroatoms. The minimum Gasteiger partial charge on any atom is -0.471 e. The monoisotopic (exact) mass is 214 g/mol. The van der Waals surface area contributed by atoms with Crippen LogP contribution in [0.2, 0.25) is 0 Å². The summed E-state index contributed by atoms with van der Waals surface area (Å²) < 4.78 is 15.2. The van der Waals surface area contributed by atoms with Crippen molar-refractivity contribution in [1.29, 1.82) is 0 Å². The van der Waals surface area contributed by atoms with Crippen molar-refractivity contribution in [1.82, 2.24) is 0 Å². The summed E-state index contributed by atoms with van der Waals surface area (Å²) in [6.45, 7) is 12.4. The molecule has 0 aromatic heterocycles. The normalized spacial score (nSPS) is 10.6. The fourth-order valence-electron chi connectivity index (χ4n) is 0.780. The molecule has 86 valence electrons. The van der Waals surface area contributed by atoms with Gasteiger partial charge in [-0.1, -0.05) is 13.2 Å². The molecule has 0 amide bonds. The lowest BCUT2D eigenvalue weighted by Gasteiger charge is -2.24. The van der Waals surface area contributed by atoms with Crippen molar-refractivity contribution >= 4 is 5.97 Å². The lowest BCUT2D eigenvalue weighted by molar-refractivity contribution is -0.189.